The van der Waals surface area contributed by atoms with Crippen molar-refractivity contribution in [3.05, 3.63) is 90.3 Å². The first-order valence-electron chi connectivity index (χ1n) is 13.2. The van der Waals surface area contributed by atoms with Crippen molar-refractivity contribution in [3.8, 4) is 22.5 Å². The van der Waals surface area contributed by atoms with Crippen LogP contribution in [0.4, 0.5) is 4.39 Å². The van der Waals surface area contributed by atoms with Crippen LogP contribution in [0.25, 0.3) is 49.9 Å². The fourth-order valence-electron chi connectivity index (χ4n) is 5.42. The monoisotopic (exact) mass is 518 g/mol. The quantitative estimate of drug-likeness (QED) is 0.266. The standard InChI is InChI=1S/C31H27FN6O/c1-38-16-21(11-23(17-38)34-31(39)19-3-2-4-19)20-7-10-27-25(12-20)30(37-36-27)28-13-24-26(14-33-15-29(24)35-28)18-5-8-22(32)9-6-18/h5-16,19,35H,2-4,17H2,1H3,(H,34,39)(H,36,37). The minimum absolute atomic E-state index is 0.128. The second-order valence-electron chi connectivity index (χ2n) is 10.5. The van der Waals surface area contributed by atoms with Crippen LogP contribution in [0.15, 0.2) is 78.9 Å². The number of H-pyrrole nitrogens is 2. The molecule has 4 heterocycles. The fourth-order valence-corrected chi connectivity index (χ4v) is 5.42. The molecule has 0 atom stereocenters. The maximum atomic E-state index is 13.5. The van der Waals surface area contributed by atoms with Gasteiger partial charge in [0.2, 0.25) is 5.91 Å². The Balaban J connectivity index is 1.25. The number of aromatic amines is 2. The van der Waals surface area contributed by atoms with E-state index in [9.17, 15) is 9.18 Å². The fraction of sp³-hybridized carbons (Fsp3) is 0.194. The van der Waals surface area contributed by atoms with Crippen LogP contribution in [0.5, 0.6) is 0 Å². The molecule has 5 aromatic rings. The first kappa shape index (κ1) is 23.4. The minimum Gasteiger partial charge on any atom is -0.374 e. The highest BCUT2D eigenvalue weighted by Gasteiger charge is 2.26. The maximum absolute atomic E-state index is 13.5. The maximum Gasteiger partial charge on any atom is 0.227 e. The van der Waals surface area contributed by atoms with E-state index in [4.69, 9.17) is 0 Å². The number of halogens is 1. The molecule has 39 heavy (non-hydrogen) atoms. The van der Waals surface area contributed by atoms with Crippen molar-refractivity contribution in [1.82, 2.24) is 30.4 Å². The van der Waals surface area contributed by atoms with Crippen molar-refractivity contribution in [2.45, 2.75) is 19.3 Å². The number of fused-ring (bicyclic) bond motifs is 2. The number of carbonyl (C=O) groups excluding carboxylic acids is 1. The molecule has 1 aliphatic heterocycles. The minimum atomic E-state index is -0.269. The van der Waals surface area contributed by atoms with Crippen LogP contribution in [0.3, 0.4) is 0 Å². The molecule has 0 bridgehead atoms. The molecule has 0 saturated heterocycles. The van der Waals surface area contributed by atoms with E-state index in [2.05, 4.69) is 60.9 Å². The third-order valence-electron chi connectivity index (χ3n) is 7.72. The van der Waals surface area contributed by atoms with Crippen LogP contribution >= 0.6 is 0 Å². The summed E-state index contributed by atoms with van der Waals surface area (Å²) in [6.45, 7) is 0.667. The van der Waals surface area contributed by atoms with Gasteiger partial charge in [0, 0.05) is 47.4 Å². The third kappa shape index (κ3) is 4.27. The average Bonchev–Trinajstić information content (AvgIpc) is 3.51. The van der Waals surface area contributed by atoms with Gasteiger partial charge >= 0.3 is 0 Å². The Morgan fingerprint density at radius 1 is 1.03 bits per heavy atom. The number of carbonyl (C=O) groups is 1. The van der Waals surface area contributed by atoms with E-state index < -0.39 is 0 Å². The van der Waals surface area contributed by atoms with Crippen LogP contribution in [0.1, 0.15) is 24.8 Å². The Kier molecular flexibility index (Phi) is 5.54. The second kappa shape index (κ2) is 9.23. The van der Waals surface area contributed by atoms with Crippen LogP contribution in [0.2, 0.25) is 0 Å². The number of nitrogens with one attached hydrogen (secondary N) is 3. The summed E-state index contributed by atoms with van der Waals surface area (Å²) in [7, 11) is 2.02. The van der Waals surface area contributed by atoms with E-state index in [1.54, 1.807) is 24.5 Å². The summed E-state index contributed by atoms with van der Waals surface area (Å²) in [5.74, 6) is 0.00272. The molecule has 7 rings (SSSR count). The zero-order valence-corrected chi connectivity index (χ0v) is 21.5. The molecular weight excluding hydrogens is 491 g/mol. The van der Waals surface area contributed by atoms with Crippen LogP contribution in [-0.2, 0) is 4.79 Å². The topological polar surface area (TPSA) is 89.7 Å². The molecular formula is C31H27FN6O. The lowest BCUT2D eigenvalue weighted by atomic mass is 9.84. The normalized spacial score (nSPS) is 15.8. The average molecular weight is 519 g/mol. The van der Waals surface area contributed by atoms with E-state index in [0.717, 1.165) is 80.4 Å². The van der Waals surface area contributed by atoms with E-state index in [1.807, 2.05) is 13.1 Å². The molecule has 3 aromatic heterocycles. The molecule has 0 radical (unpaired) electrons. The number of pyridine rings is 1. The van der Waals surface area contributed by atoms with Crippen molar-refractivity contribution >= 4 is 33.3 Å². The van der Waals surface area contributed by atoms with Crippen LogP contribution in [0, 0.1) is 11.7 Å². The number of benzene rings is 2. The van der Waals surface area contributed by atoms with Crippen LogP contribution in [-0.4, -0.2) is 44.6 Å². The number of rotatable bonds is 5. The Morgan fingerprint density at radius 2 is 1.85 bits per heavy atom. The SMILES string of the molecule is CN1C=C(c2ccc3[nH]nc(-c4cc5c(-c6ccc(F)cc6)cncc5[nH]4)c3c2)C=C(NC(=O)C2CCC2)C1. The van der Waals surface area contributed by atoms with E-state index >= 15 is 0 Å². The predicted octanol–water partition coefficient (Wildman–Crippen LogP) is 6.00. The van der Waals surface area contributed by atoms with Crippen molar-refractivity contribution in [3.63, 3.8) is 0 Å². The molecule has 2 aromatic carbocycles. The van der Waals surface area contributed by atoms with Crippen molar-refractivity contribution in [2.24, 2.45) is 5.92 Å². The summed E-state index contributed by atoms with van der Waals surface area (Å²) < 4.78 is 13.5. The number of hydrogen-bond donors (Lipinski definition) is 3. The van der Waals surface area contributed by atoms with Gasteiger partial charge in [-0.2, -0.15) is 5.10 Å². The number of amides is 1. The number of aromatic nitrogens is 4. The van der Waals surface area contributed by atoms with Gasteiger partial charge in [-0.25, -0.2) is 4.39 Å². The Bertz CT molecular complexity index is 1790. The molecule has 7 nitrogen and oxygen atoms in total. The highest BCUT2D eigenvalue weighted by molar-refractivity contribution is 6.01. The smallest absolute Gasteiger partial charge is 0.227 e. The van der Waals surface area contributed by atoms with Gasteiger partial charge in [0.05, 0.1) is 29.5 Å². The Morgan fingerprint density at radius 3 is 2.64 bits per heavy atom. The summed E-state index contributed by atoms with van der Waals surface area (Å²) in [6.07, 6.45) is 10.9. The van der Waals surface area contributed by atoms with Gasteiger partial charge in [0.25, 0.3) is 0 Å². The highest BCUT2D eigenvalue weighted by atomic mass is 19.1. The molecule has 2 aliphatic rings. The summed E-state index contributed by atoms with van der Waals surface area (Å²) in [4.78, 5) is 22.5. The summed E-state index contributed by atoms with van der Waals surface area (Å²) >= 11 is 0. The van der Waals surface area contributed by atoms with Gasteiger partial charge in [-0.1, -0.05) is 24.6 Å². The predicted molar refractivity (Wildman–Crippen MR) is 151 cm³/mol. The molecule has 1 fully saturated rings. The number of hydrogen-bond acceptors (Lipinski definition) is 4. The van der Waals surface area contributed by atoms with E-state index in [1.165, 1.54) is 12.1 Å². The largest absolute Gasteiger partial charge is 0.374 e. The third-order valence-corrected chi connectivity index (χ3v) is 7.72. The van der Waals surface area contributed by atoms with Gasteiger partial charge in [-0.3, -0.25) is 14.9 Å². The van der Waals surface area contributed by atoms with Crippen LogP contribution < -0.4 is 5.32 Å². The van der Waals surface area contributed by atoms with Gasteiger partial charge in [0.1, 0.15) is 11.5 Å². The highest BCUT2D eigenvalue weighted by Crippen LogP contribution is 2.35. The summed E-state index contributed by atoms with van der Waals surface area (Å²) in [6, 6.07) is 14.7. The van der Waals surface area contributed by atoms with E-state index in [-0.39, 0.29) is 17.6 Å². The molecule has 1 amide bonds. The van der Waals surface area contributed by atoms with Crippen molar-refractivity contribution in [1.29, 1.82) is 0 Å². The number of nitrogens with zero attached hydrogens (tertiary/aromatic N) is 3. The zero-order valence-electron chi connectivity index (χ0n) is 21.5. The number of likely N-dealkylation sites (N-methyl/N-ethyl adjacent to an activating group) is 1. The molecule has 0 spiro atoms. The molecule has 0 unspecified atom stereocenters. The lowest BCUT2D eigenvalue weighted by Gasteiger charge is -2.28. The van der Waals surface area contributed by atoms with E-state index in [0.29, 0.717) is 6.54 Å². The summed E-state index contributed by atoms with van der Waals surface area (Å²) in [5.41, 5.74) is 8.28. The Hall–Kier alpha value is -4.72. The second-order valence-corrected chi connectivity index (χ2v) is 10.5. The first-order chi connectivity index (χ1) is 19.0. The molecule has 194 valence electrons. The lowest BCUT2D eigenvalue weighted by molar-refractivity contribution is -0.126. The van der Waals surface area contributed by atoms with Gasteiger partial charge in [-0.05, 0) is 65.9 Å². The summed E-state index contributed by atoms with van der Waals surface area (Å²) in [5, 5.41) is 12.9. The Labute approximate surface area is 224 Å². The molecule has 8 heteroatoms. The van der Waals surface area contributed by atoms with Gasteiger partial charge in [-0.15, -0.1) is 0 Å². The first-order valence-corrected chi connectivity index (χ1v) is 13.2. The molecule has 1 aliphatic carbocycles. The van der Waals surface area contributed by atoms with Crippen molar-refractivity contribution < 1.29 is 9.18 Å². The van der Waals surface area contributed by atoms with Gasteiger partial charge in [0.15, 0.2) is 0 Å². The molecule has 3 N–H and O–H groups in total. The zero-order chi connectivity index (χ0) is 26.5. The number of allylic oxidation sites excluding steroid dienone is 2. The molecule has 1 saturated carbocycles. The van der Waals surface area contributed by atoms with Gasteiger partial charge < -0.3 is 15.2 Å². The van der Waals surface area contributed by atoms with Crippen molar-refractivity contribution in [2.75, 3.05) is 13.6 Å². The lowest BCUT2D eigenvalue weighted by Crippen LogP contribution is -2.37.